The summed E-state index contributed by atoms with van der Waals surface area (Å²) in [6.07, 6.45) is 5.18. The molecule has 0 aromatic heterocycles. The van der Waals surface area contributed by atoms with Crippen molar-refractivity contribution in [3.8, 4) is 12.3 Å². The van der Waals surface area contributed by atoms with Gasteiger partial charge < -0.3 is 14.7 Å². The van der Waals surface area contributed by atoms with Crippen molar-refractivity contribution in [2.45, 2.75) is 32.1 Å². The maximum absolute atomic E-state index is 10.4. The van der Waals surface area contributed by atoms with Crippen LogP contribution in [0, 0.1) is 19.3 Å². The van der Waals surface area contributed by atoms with E-state index in [0.717, 1.165) is 23.3 Å². The fourth-order valence-corrected chi connectivity index (χ4v) is 3.78. The van der Waals surface area contributed by atoms with Crippen LogP contribution in [0.3, 0.4) is 0 Å². The van der Waals surface area contributed by atoms with Gasteiger partial charge in [0.05, 0.1) is 18.4 Å². The minimum Gasteiger partial charge on any atom is -0.390 e. The van der Waals surface area contributed by atoms with Crippen molar-refractivity contribution in [1.82, 2.24) is 4.90 Å². The summed E-state index contributed by atoms with van der Waals surface area (Å²) in [5.74, 6) is 2.41. The summed E-state index contributed by atoms with van der Waals surface area (Å²) in [6, 6.07) is 15.9. The van der Waals surface area contributed by atoms with Gasteiger partial charge in [-0.25, -0.2) is 0 Å². The standard InChI is InChI=1S/C24H27ClN2O3/c1-3-11-29-17-21(28)15-27(14-19-8-6-9-20(25)12-19)16-22-13-24(26-30-22)23-10-5-4-7-18(23)2/h1,4-10,12,21-22,28H,11,13-17H2,2H3/t21-,22-/m1/s1. The second-order valence-corrected chi connectivity index (χ2v) is 7.92. The number of ether oxygens (including phenoxy) is 1. The molecule has 0 fully saturated rings. The van der Waals surface area contributed by atoms with Crippen LogP contribution in [-0.2, 0) is 16.1 Å². The molecule has 0 radical (unpaired) electrons. The van der Waals surface area contributed by atoms with E-state index in [1.54, 1.807) is 0 Å². The zero-order chi connectivity index (χ0) is 21.3. The van der Waals surface area contributed by atoms with E-state index in [2.05, 4.69) is 35.0 Å². The molecule has 0 saturated heterocycles. The van der Waals surface area contributed by atoms with Gasteiger partial charge in [0, 0.05) is 36.6 Å². The van der Waals surface area contributed by atoms with E-state index in [1.807, 2.05) is 36.4 Å². The largest absolute Gasteiger partial charge is 0.390 e. The van der Waals surface area contributed by atoms with Crippen LogP contribution in [0.2, 0.25) is 5.02 Å². The lowest BCUT2D eigenvalue weighted by atomic mass is 10.00. The van der Waals surface area contributed by atoms with Crippen LogP contribution < -0.4 is 0 Å². The molecule has 2 aromatic carbocycles. The van der Waals surface area contributed by atoms with Crippen LogP contribution in [0.25, 0.3) is 0 Å². The van der Waals surface area contributed by atoms with Gasteiger partial charge in [-0.2, -0.15) is 0 Å². The Labute approximate surface area is 183 Å². The highest BCUT2D eigenvalue weighted by Gasteiger charge is 2.26. The Kier molecular flexibility index (Phi) is 8.30. The van der Waals surface area contributed by atoms with Crippen molar-refractivity contribution in [2.75, 3.05) is 26.3 Å². The number of nitrogens with zero attached hydrogens (tertiary/aromatic N) is 2. The second kappa shape index (κ2) is 11.1. The van der Waals surface area contributed by atoms with Crippen LogP contribution in [0.5, 0.6) is 0 Å². The van der Waals surface area contributed by atoms with Crippen molar-refractivity contribution in [2.24, 2.45) is 5.16 Å². The predicted molar refractivity (Wildman–Crippen MR) is 120 cm³/mol. The molecule has 30 heavy (non-hydrogen) atoms. The second-order valence-electron chi connectivity index (χ2n) is 7.48. The molecule has 0 saturated carbocycles. The van der Waals surface area contributed by atoms with E-state index in [-0.39, 0.29) is 19.3 Å². The van der Waals surface area contributed by atoms with Gasteiger partial charge in [0.1, 0.15) is 12.7 Å². The third-order valence-corrected chi connectivity index (χ3v) is 5.15. The Bertz CT molecular complexity index is 909. The maximum atomic E-state index is 10.4. The van der Waals surface area contributed by atoms with Crippen molar-refractivity contribution < 1.29 is 14.7 Å². The van der Waals surface area contributed by atoms with Gasteiger partial charge in [0.2, 0.25) is 0 Å². The Morgan fingerprint density at radius 1 is 1.33 bits per heavy atom. The lowest BCUT2D eigenvalue weighted by molar-refractivity contribution is 0.00419. The number of hydrogen-bond donors (Lipinski definition) is 1. The van der Waals surface area contributed by atoms with E-state index >= 15 is 0 Å². The molecule has 1 N–H and O–H groups in total. The van der Waals surface area contributed by atoms with Crippen LogP contribution in [-0.4, -0.2) is 54.2 Å². The van der Waals surface area contributed by atoms with Gasteiger partial charge in [0.15, 0.2) is 0 Å². The first kappa shape index (κ1) is 22.3. The number of aryl methyl sites for hydroxylation is 1. The molecular formula is C24H27ClN2O3. The van der Waals surface area contributed by atoms with Gasteiger partial charge in [0.25, 0.3) is 0 Å². The van der Waals surface area contributed by atoms with Crippen LogP contribution >= 0.6 is 11.6 Å². The summed E-state index contributed by atoms with van der Waals surface area (Å²) >= 11 is 6.14. The number of oxime groups is 1. The number of benzene rings is 2. The van der Waals surface area contributed by atoms with Gasteiger partial charge >= 0.3 is 0 Å². The molecule has 2 aromatic rings. The zero-order valence-corrected chi connectivity index (χ0v) is 17.9. The number of terminal acetylenes is 1. The summed E-state index contributed by atoms with van der Waals surface area (Å²) in [5, 5.41) is 15.4. The lowest BCUT2D eigenvalue weighted by Crippen LogP contribution is -2.39. The SMILES string of the molecule is C#CCOC[C@H](O)CN(Cc1cccc(Cl)c1)C[C@H]1CC(c2ccccc2C)=NO1. The first-order valence-corrected chi connectivity index (χ1v) is 10.4. The fraction of sp³-hybridized carbons (Fsp3) is 0.375. The molecule has 3 rings (SSSR count). The smallest absolute Gasteiger partial charge is 0.145 e. The summed E-state index contributed by atoms with van der Waals surface area (Å²) in [6.45, 7) is 4.13. The first-order chi connectivity index (χ1) is 14.5. The van der Waals surface area contributed by atoms with E-state index in [0.29, 0.717) is 24.7 Å². The number of rotatable bonds is 10. The average Bonchev–Trinajstić information content (AvgIpc) is 3.16. The third-order valence-electron chi connectivity index (χ3n) is 4.91. The highest BCUT2D eigenvalue weighted by Crippen LogP contribution is 2.21. The molecule has 0 spiro atoms. The van der Waals surface area contributed by atoms with Crippen molar-refractivity contribution in [1.29, 1.82) is 0 Å². The monoisotopic (exact) mass is 426 g/mol. The number of aliphatic hydroxyl groups excluding tert-OH is 1. The lowest BCUT2D eigenvalue weighted by Gasteiger charge is -2.27. The van der Waals surface area contributed by atoms with Crippen LogP contribution in [0.1, 0.15) is 23.1 Å². The van der Waals surface area contributed by atoms with Crippen molar-refractivity contribution in [3.63, 3.8) is 0 Å². The third kappa shape index (κ3) is 6.58. The quantitative estimate of drug-likeness (QED) is 0.465. The van der Waals surface area contributed by atoms with Gasteiger partial charge in [-0.3, -0.25) is 4.90 Å². The van der Waals surface area contributed by atoms with E-state index in [9.17, 15) is 5.11 Å². The Morgan fingerprint density at radius 2 is 2.17 bits per heavy atom. The summed E-state index contributed by atoms with van der Waals surface area (Å²) in [7, 11) is 0. The molecule has 1 heterocycles. The molecule has 0 unspecified atom stereocenters. The minimum absolute atomic E-state index is 0.0855. The molecule has 1 aliphatic heterocycles. The average molecular weight is 427 g/mol. The van der Waals surface area contributed by atoms with Crippen LogP contribution in [0.15, 0.2) is 53.7 Å². The van der Waals surface area contributed by atoms with Gasteiger partial charge in [-0.05, 0) is 30.2 Å². The molecule has 158 valence electrons. The molecule has 2 atom stereocenters. The first-order valence-electron chi connectivity index (χ1n) is 10.00. The molecule has 0 bridgehead atoms. The van der Waals surface area contributed by atoms with Crippen molar-refractivity contribution >= 4 is 17.3 Å². The Balaban J connectivity index is 1.63. The van der Waals surface area contributed by atoms with E-state index in [4.69, 9.17) is 27.6 Å². The topological polar surface area (TPSA) is 54.3 Å². The van der Waals surface area contributed by atoms with E-state index in [1.165, 1.54) is 5.56 Å². The highest BCUT2D eigenvalue weighted by atomic mass is 35.5. The Morgan fingerprint density at radius 3 is 2.93 bits per heavy atom. The Hall–Kier alpha value is -2.36. The maximum Gasteiger partial charge on any atom is 0.145 e. The molecule has 1 aliphatic rings. The van der Waals surface area contributed by atoms with Crippen LogP contribution in [0.4, 0.5) is 0 Å². The van der Waals surface area contributed by atoms with Gasteiger partial charge in [-0.1, -0.05) is 59.1 Å². The van der Waals surface area contributed by atoms with Crippen molar-refractivity contribution in [3.05, 3.63) is 70.2 Å². The number of hydrogen-bond acceptors (Lipinski definition) is 5. The molecule has 6 heteroatoms. The number of aliphatic hydroxyl groups is 1. The molecule has 0 aliphatic carbocycles. The zero-order valence-electron chi connectivity index (χ0n) is 17.1. The molecular weight excluding hydrogens is 400 g/mol. The highest BCUT2D eigenvalue weighted by molar-refractivity contribution is 6.30. The predicted octanol–water partition coefficient (Wildman–Crippen LogP) is 3.65. The fourth-order valence-electron chi connectivity index (χ4n) is 3.57. The minimum atomic E-state index is -0.657. The molecule has 5 nitrogen and oxygen atoms in total. The summed E-state index contributed by atoms with van der Waals surface area (Å²) in [4.78, 5) is 7.86. The summed E-state index contributed by atoms with van der Waals surface area (Å²) in [5.41, 5.74) is 4.32. The molecule has 0 amide bonds. The number of halogens is 1. The summed E-state index contributed by atoms with van der Waals surface area (Å²) < 4.78 is 5.29. The van der Waals surface area contributed by atoms with Gasteiger partial charge in [-0.15, -0.1) is 6.42 Å². The normalized spacial score (nSPS) is 16.8. The van der Waals surface area contributed by atoms with E-state index < -0.39 is 6.10 Å².